The average Bonchev–Trinajstić information content (AvgIpc) is 1.78. The number of hydrogen-bond acceptors (Lipinski definition) is 2. The van der Waals surface area contributed by atoms with Crippen molar-refractivity contribution in [3.8, 4) is 0 Å². The molecule has 2 rings (SSSR count). The van der Waals surface area contributed by atoms with E-state index in [0.29, 0.717) is 0 Å². The van der Waals surface area contributed by atoms with Gasteiger partial charge in [0.2, 0.25) is 0 Å². The zero-order chi connectivity index (χ0) is 8.77. The van der Waals surface area contributed by atoms with Crippen molar-refractivity contribution in [2.45, 2.75) is 44.2 Å². The number of rotatable bonds is 0. The summed E-state index contributed by atoms with van der Waals surface area (Å²) in [4.78, 5) is 0. The maximum absolute atomic E-state index is 6.26. The molecule has 3 unspecified atom stereocenters. The van der Waals surface area contributed by atoms with Gasteiger partial charge >= 0.3 is 0 Å². The zero-order valence-corrected chi connectivity index (χ0v) is 7.72. The van der Waals surface area contributed by atoms with Crippen molar-refractivity contribution in [3.63, 3.8) is 0 Å². The Hall–Kier alpha value is -0.340. The molecule has 68 valence electrons. The highest BCUT2D eigenvalue weighted by molar-refractivity contribution is 5.21. The van der Waals surface area contributed by atoms with E-state index in [-0.39, 0.29) is 11.6 Å². The van der Waals surface area contributed by atoms with Gasteiger partial charge in [-0.1, -0.05) is 18.6 Å². The summed E-state index contributed by atoms with van der Waals surface area (Å²) in [5.74, 6) is 0.752. The van der Waals surface area contributed by atoms with Crippen LogP contribution in [0.5, 0.6) is 0 Å². The molecule has 1 fully saturated rings. The van der Waals surface area contributed by atoms with Crippen molar-refractivity contribution >= 4 is 0 Å². The summed E-state index contributed by atoms with van der Waals surface area (Å²) < 4.78 is 0. The second-order valence-corrected chi connectivity index (χ2v) is 4.75. The van der Waals surface area contributed by atoms with Gasteiger partial charge < -0.3 is 11.5 Å². The maximum atomic E-state index is 6.26. The Balaban J connectivity index is 2.25. The Morgan fingerprint density at radius 3 is 2.92 bits per heavy atom. The molecule has 0 aromatic heterocycles. The molecule has 0 heterocycles. The smallest absolute Gasteiger partial charge is 0.0244 e. The van der Waals surface area contributed by atoms with Gasteiger partial charge in [-0.05, 0) is 31.6 Å². The van der Waals surface area contributed by atoms with Crippen molar-refractivity contribution in [2.75, 3.05) is 0 Å². The standard InChI is InChI=1S/C10H18N2/c1-7-2-8-3-9(11)6-10(12,4-7)5-8/h3,7,9H,2,4-6,11-12H2,1H3. The predicted octanol–water partition coefficient (Wildman–Crippen LogP) is 1.16. The third kappa shape index (κ3) is 1.41. The summed E-state index contributed by atoms with van der Waals surface area (Å²) in [5, 5.41) is 0. The summed E-state index contributed by atoms with van der Waals surface area (Å²) in [7, 11) is 0. The molecule has 0 radical (unpaired) electrons. The monoisotopic (exact) mass is 166 g/mol. The Labute approximate surface area is 74.0 Å². The van der Waals surface area contributed by atoms with Gasteiger partial charge in [0.05, 0.1) is 0 Å². The molecule has 0 aromatic rings. The predicted molar refractivity (Wildman–Crippen MR) is 50.6 cm³/mol. The van der Waals surface area contributed by atoms with Crippen LogP contribution < -0.4 is 11.5 Å². The molecule has 2 aliphatic carbocycles. The molecule has 2 heteroatoms. The van der Waals surface area contributed by atoms with Gasteiger partial charge in [0.15, 0.2) is 0 Å². The molecular weight excluding hydrogens is 148 g/mol. The summed E-state index contributed by atoms with van der Waals surface area (Å²) in [6, 6.07) is 0.214. The van der Waals surface area contributed by atoms with Crippen molar-refractivity contribution in [1.82, 2.24) is 0 Å². The highest BCUT2D eigenvalue weighted by atomic mass is 14.8. The fourth-order valence-corrected chi connectivity index (χ4v) is 2.92. The maximum Gasteiger partial charge on any atom is 0.0244 e. The van der Waals surface area contributed by atoms with Gasteiger partial charge in [0, 0.05) is 11.6 Å². The van der Waals surface area contributed by atoms with Crippen LogP contribution in [-0.2, 0) is 0 Å². The highest BCUT2D eigenvalue weighted by Gasteiger charge is 2.37. The lowest BCUT2D eigenvalue weighted by atomic mass is 9.68. The molecule has 0 spiro atoms. The molecule has 2 aliphatic rings. The number of fused-ring (bicyclic) bond motifs is 2. The van der Waals surface area contributed by atoms with E-state index in [9.17, 15) is 0 Å². The van der Waals surface area contributed by atoms with Crippen LogP contribution in [0.2, 0.25) is 0 Å². The molecule has 2 nitrogen and oxygen atoms in total. The van der Waals surface area contributed by atoms with Gasteiger partial charge in [-0.3, -0.25) is 0 Å². The minimum Gasteiger partial charge on any atom is -0.325 e. The van der Waals surface area contributed by atoms with Gasteiger partial charge in [0.25, 0.3) is 0 Å². The molecule has 4 N–H and O–H groups in total. The van der Waals surface area contributed by atoms with Crippen LogP contribution in [0.3, 0.4) is 0 Å². The normalized spacial score (nSPS) is 47.1. The lowest BCUT2D eigenvalue weighted by Gasteiger charge is -2.43. The third-order valence-electron chi connectivity index (χ3n) is 3.04. The minimum absolute atomic E-state index is 0.0289. The Bertz CT molecular complexity index is 222. The fourth-order valence-electron chi connectivity index (χ4n) is 2.92. The first kappa shape index (κ1) is 8.27. The van der Waals surface area contributed by atoms with Crippen LogP contribution in [0, 0.1) is 5.92 Å². The van der Waals surface area contributed by atoms with Crippen molar-refractivity contribution in [3.05, 3.63) is 11.6 Å². The van der Waals surface area contributed by atoms with Gasteiger partial charge in [0.1, 0.15) is 0 Å². The average molecular weight is 166 g/mol. The van der Waals surface area contributed by atoms with E-state index >= 15 is 0 Å². The van der Waals surface area contributed by atoms with E-state index in [1.54, 1.807) is 0 Å². The second kappa shape index (κ2) is 2.57. The van der Waals surface area contributed by atoms with Gasteiger partial charge in [-0.2, -0.15) is 0 Å². The highest BCUT2D eigenvalue weighted by Crippen LogP contribution is 2.39. The lowest BCUT2D eigenvalue weighted by molar-refractivity contribution is 0.244. The molecule has 0 amide bonds. The first-order chi connectivity index (χ1) is 5.57. The van der Waals surface area contributed by atoms with Crippen LogP contribution in [0.1, 0.15) is 32.6 Å². The summed E-state index contributed by atoms with van der Waals surface area (Å²) >= 11 is 0. The van der Waals surface area contributed by atoms with Crippen molar-refractivity contribution in [1.29, 1.82) is 0 Å². The Morgan fingerprint density at radius 2 is 2.25 bits per heavy atom. The first-order valence-electron chi connectivity index (χ1n) is 4.81. The van der Waals surface area contributed by atoms with E-state index in [1.165, 1.54) is 12.0 Å². The summed E-state index contributed by atoms with van der Waals surface area (Å²) in [6.45, 7) is 2.28. The minimum atomic E-state index is 0.0289. The van der Waals surface area contributed by atoms with E-state index in [4.69, 9.17) is 11.5 Å². The van der Waals surface area contributed by atoms with E-state index in [1.807, 2.05) is 0 Å². The number of nitrogens with two attached hydrogens (primary N) is 2. The summed E-state index contributed by atoms with van der Waals surface area (Å²) in [6.07, 6.45) is 6.65. The largest absolute Gasteiger partial charge is 0.325 e. The second-order valence-electron chi connectivity index (χ2n) is 4.75. The van der Waals surface area contributed by atoms with Crippen molar-refractivity contribution < 1.29 is 0 Å². The zero-order valence-electron chi connectivity index (χ0n) is 7.72. The molecule has 2 bridgehead atoms. The van der Waals surface area contributed by atoms with Crippen LogP contribution in [-0.4, -0.2) is 11.6 Å². The Morgan fingerprint density at radius 1 is 1.50 bits per heavy atom. The molecule has 0 saturated heterocycles. The molecule has 1 saturated carbocycles. The van der Waals surface area contributed by atoms with E-state index in [2.05, 4.69) is 13.0 Å². The lowest BCUT2D eigenvalue weighted by Crippen LogP contribution is -2.50. The van der Waals surface area contributed by atoms with Gasteiger partial charge in [-0.15, -0.1) is 0 Å². The van der Waals surface area contributed by atoms with Crippen LogP contribution in [0.25, 0.3) is 0 Å². The van der Waals surface area contributed by atoms with E-state index in [0.717, 1.165) is 25.2 Å². The third-order valence-corrected chi connectivity index (χ3v) is 3.04. The number of hydrogen-bond donors (Lipinski definition) is 2. The molecule has 12 heavy (non-hydrogen) atoms. The van der Waals surface area contributed by atoms with Gasteiger partial charge in [-0.25, -0.2) is 0 Å². The van der Waals surface area contributed by atoms with Crippen molar-refractivity contribution in [2.24, 2.45) is 17.4 Å². The molecular formula is C10H18N2. The molecule has 0 aromatic carbocycles. The van der Waals surface area contributed by atoms with Crippen LogP contribution >= 0.6 is 0 Å². The van der Waals surface area contributed by atoms with E-state index < -0.39 is 0 Å². The molecule has 3 atom stereocenters. The quantitative estimate of drug-likeness (QED) is 0.531. The van der Waals surface area contributed by atoms with Crippen LogP contribution in [0.4, 0.5) is 0 Å². The topological polar surface area (TPSA) is 52.0 Å². The molecule has 0 aliphatic heterocycles. The fraction of sp³-hybridized carbons (Fsp3) is 0.800. The van der Waals surface area contributed by atoms with Crippen LogP contribution in [0.15, 0.2) is 11.6 Å². The first-order valence-corrected chi connectivity index (χ1v) is 4.81. The Kier molecular flexibility index (Phi) is 1.77. The SMILES string of the molecule is CC1CC2=CC(N)CC(N)(C2)C1. The summed E-state index contributed by atoms with van der Waals surface area (Å²) in [5.41, 5.74) is 13.7.